The number of H-pyrrole nitrogens is 1. The lowest BCUT2D eigenvalue weighted by molar-refractivity contribution is 0.0940. The van der Waals surface area contributed by atoms with Crippen LogP contribution in [0.2, 0.25) is 0 Å². The van der Waals surface area contributed by atoms with Gasteiger partial charge >= 0.3 is 0 Å². The van der Waals surface area contributed by atoms with Gasteiger partial charge in [-0.3, -0.25) is 4.79 Å². The predicted octanol–water partition coefficient (Wildman–Crippen LogP) is 4.78. The van der Waals surface area contributed by atoms with E-state index >= 15 is 0 Å². The van der Waals surface area contributed by atoms with E-state index in [0.29, 0.717) is 16.6 Å². The molecule has 1 atom stereocenters. The Balaban J connectivity index is 1.71. The molecule has 0 aliphatic carbocycles. The molecule has 0 saturated heterocycles. The van der Waals surface area contributed by atoms with E-state index in [-0.39, 0.29) is 18.1 Å². The van der Waals surface area contributed by atoms with Crippen molar-refractivity contribution in [3.63, 3.8) is 0 Å². The van der Waals surface area contributed by atoms with E-state index < -0.39 is 12.2 Å². The summed E-state index contributed by atoms with van der Waals surface area (Å²) in [5.74, 6) is 0.0755. The van der Waals surface area contributed by atoms with E-state index in [4.69, 9.17) is 4.74 Å². The van der Waals surface area contributed by atoms with Gasteiger partial charge in [0.05, 0.1) is 23.2 Å². The minimum Gasteiger partial charge on any atom is -0.491 e. The van der Waals surface area contributed by atoms with Crippen LogP contribution in [-0.2, 0) is 0 Å². The fourth-order valence-electron chi connectivity index (χ4n) is 2.74. The number of halogens is 2. The number of hydrogen-bond acceptors (Lipinski definition) is 3. The summed E-state index contributed by atoms with van der Waals surface area (Å²) in [5.41, 5.74) is 2.11. The van der Waals surface area contributed by atoms with Crippen LogP contribution in [0.5, 0.6) is 5.75 Å². The number of rotatable bonds is 6. The Morgan fingerprint density at radius 1 is 1.11 bits per heavy atom. The summed E-state index contributed by atoms with van der Waals surface area (Å²) in [6, 6.07) is 11.9. The molecular weight excluding hydrogens is 352 g/mol. The maximum absolute atomic E-state index is 12.7. The van der Waals surface area contributed by atoms with Gasteiger partial charge in [-0.2, -0.15) is 0 Å². The molecule has 0 bridgehead atoms. The molecule has 2 N–H and O–H groups in total. The number of carbonyl (C=O) groups is 1. The van der Waals surface area contributed by atoms with Crippen LogP contribution in [-0.4, -0.2) is 22.0 Å². The van der Waals surface area contributed by atoms with Crippen LogP contribution < -0.4 is 10.1 Å². The number of carbonyl (C=O) groups excluding carboxylic acids is 1. The first-order chi connectivity index (χ1) is 12.8. The second-order valence-electron chi connectivity index (χ2n) is 6.59. The molecule has 1 heterocycles. The monoisotopic (exact) mass is 373 g/mol. The molecule has 0 aliphatic rings. The number of aromatic amines is 1. The fraction of sp³-hybridized carbons (Fsp3) is 0.300. The van der Waals surface area contributed by atoms with Gasteiger partial charge in [-0.25, -0.2) is 13.8 Å². The van der Waals surface area contributed by atoms with Crippen molar-refractivity contribution >= 4 is 16.9 Å². The highest BCUT2D eigenvalue weighted by Gasteiger charge is 2.16. The van der Waals surface area contributed by atoms with E-state index in [9.17, 15) is 13.6 Å². The third kappa shape index (κ3) is 4.42. The Hall–Kier alpha value is -2.96. The molecule has 1 unspecified atom stereocenters. The lowest BCUT2D eigenvalue weighted by Gasteiger charge is -2.16. The predicted molar refractivity (Wildman–Crippen MR) is 99.1 cm³/mol. The second kappa shape index (κ2) is 7.73. The summed E-state index contributed by atoms with van der Waals surface area (Å²) in [7, 11) is 0. The Morgan fingerprint density at radius 3 is 2.44 bits per heavy atom. The van der Waals surface area contributed by atoms with Gasteiger partial charge in [0, 0.05) is 5.56 Å². The number of imidazole rings is 1. The SMILES string of the molecule is CC(C)Oc1ccc(C(C)NC(=O)c2ccc3nc(C(F)F)[nH]c3c2)cc1. The van der Waals surface area contributed by atoms with Crippen molar-refractivity contribution in [2.75, 3.05) is 0 Å². The van der Waals surface area contributed by atoms with Crippen LogP contribution in [0.25, 0.3) is 11.0 Å². The van der Waals surface area contributed by atoms with Gasteiger partial charge in [-0.05, 0) is 56.7 Å². The molecule has 0 spiro atoms. The molecule has 7 heteroatoms. The lowest BCUT2D eigenvalue weighted by atomic mass is 10.1. The first kappa shape index (κ1) is 18.8. The van der Waals surface area contributed by atoms with Gasteiger partial charge in [0.25, 0.3) is 12.3 Å². The number of hydrogen-bond donors (Lipinski definition) is 2. The lowest BCUT2D eigenvalue weighted by Crippen LogP contribution is -2.26. The first-order valence-electron chi connectivity index (χ1n) is 8.69. The van der Waals surface area contributed by atoms with E-state index in [1.807, 2.05) is 45.0 Å². The van der Waals surface area contributed by atoms with Gasteiger partial charge in [0.2, 0.25) is 0 Å². The van der Waals surface area contributed by atoms with Crippen LogP contribution in [0.1, 0.15) is 55.0 Å². The van der Waals surface area contributed by atoms with Gasteiger partial charge in [0.1, 0.15) is 5.75 Å². The molecule has 27 heavy (non-hydrogen) atoms. The minimum absolute atomic E-state index is 0.0935. The summed E-state index contributed by atoms with van der Waals surface area (Å²) in [6.07, 6.45) is -2.59. The number of benzene rings is 2. The molecule has 5 nitrogen and oxygen atoms in total. The van der Waals surface area contributed by atoms with Crippen LogP contribution in [0.3, 0.4) is 0 Å². The standard InChI is InChI=1S/C20H21F2N3O2/c1-11(2)27-15-7-4-13(5-8-15)12(3)23-20(26)14-6-9-16-17(10-14)25-19(24-16)18(21)22/h4-12,18H,1-3H3,(H,23,26)(H,24,25). The van der Waals surface area contributed by atoms with Crippen molar-refractivity contribution in [3.8, 4) is 5.75 Å². The normalized spacial score (nSPS) is 12.6. The van der Waals surface area contributed by atoms with E-state index in [2.05, 4.69) is 15.3 Å². The number of ether oxygens (including phenoxy) is 1. The number of nitrogens with zero attached hydrogens (tertiary/aromatic N) is 1. The molecule has 142 valence electrons. The number of fused-ring (bicyclic) bond motifs is 1. The first-order valence-corrected chi connectivity index (χ1v) is 8.69. The smallest absolute Gasteiger partial charge is 0.295 e. The molecule has 0 fully saturated rings. The van der Waals surface area contributed by atoms with Gasteiger partial charge < -0.3 is 15.0 Å². The summed E-state index contributed by atoms with van der Waals surface area (Å²) >= 11 is 0. The van der Waals surface area contributed by atoms with Crippen molar-refractivity contribution in [2.24, 2.45) is 0 Å². The number of alkyl halides is 2. The maximum Gasteiger partial charge on any atom is 0.295 e. The Bertz CT molecular complexity index is 936. The van der Waals surface area contributed by atoms with Crippen molar-refractivity contribution in [2.45, 2.75) is 39.3 Å². The van der Waals surface area contributed by atoms with Gasteiger partial charge in [-0.15, -0.1) is 0 Å². The number of amides is 1. The summed E-state index contributed by atoms with van der Waals surface area (Å²) < 4.78 is 31.1. The highest BCUT2D eigenvalue weighted by atomic mass is 19.3. The average Bonchev–Trinajstić information content (AvgIpc) is 3.05. The Labute approximate surface area is 155 Å². The molecule has 0 aliphatic heterocycles. The Kier molecular flexibility index (Phi) is 5.39. The maximum atomic E-state index is 12.7. The van der Waals surface area contributed by atoms with Crippen molar-refractivity contribution in [1.82, 2.24) is 15.3 Å². The largest absolute Gasteiger partial charge is 0.491 e. The third-order valence-electron chi connectivity index (χ3n) is 4.07. The molecular formula is C20H21F2N3O2. The van der Waals surface area contributed by atoms with Gasteiger partial charge in [-0.1, -0.05) is 12.1 Å². The highest BCUT2D eigenvalue weighted by Crippen LogP contribution is 2.22. The second-order valence-corrected chi connectivity index (χ2v) is 6.59. The van der Waals surface area contributed by atoms with Crippen LogP contribution >= 0.6 is 0 Å². The third-order valence-corrected chi connectivity index (χ3v) is 4.07. The fourth-order valence-corrected chi connectivity index (χ4v) is 2.74. The quantitative estimate of drug-likeness (QED) is 0.653. The average molecular weight is 373 g/mol. The molecule has 0 saturated carbocycles. The van der Waals surface area contributed by atoms with Crippen LogP contribution in [0.15, 0.2) is 42.5 Å². The summed E-state index contributed by atoms with van der Waals surface area (Å²) in [5, 5.41) is 2.90. The topological polar surface area (TPSA) is 67.0 Å². The zero-order chi connectivity index (χ0) is 19.6. The molecule has 1 amide bonds. The van der Waals surface area contributed by atoms with E-state index in [1.54, 1.807) is 12.1 Å². The molecule has 2 aromatic carbocycles. The number of nitrogens with one attached hydrogen (secondary N) is 2. The van der Waals surface area contributed by atoms with Crippen LogP contribution in [0, 0.1) is 0 Å². The zero-order valence-corrected chi connectivity index (χ0v) is 15.3. The van der Waals surface area contributed by atoms with Crippen molar-refractivity contribution < 1.29 is 18.3 Å². The van der Waals surface area contributed by atoms with Crippen LogP contribution in [0.4, 0.5) is 8.78 Å². The molecule has 3 aromatic rings. The molecule has 1 aromatic heterocycles. The molecule has 3 rings (SSSR count). The van der Waals surface area contributed by atoms with E-state index in [0.717, 1.165) is 11.3 Å². The zero-order valence-electron chi connectivity index (χ0n) is 15.3. The highest BCUT2D eigenvalue weighted by molar-refractivity contribution is 5.97. The summed E-state index contributed by atoms with van der Waals surface area (Å²) in [4.78, 5) is 18.8. The number of aromatic nitrogens is 2. The summed E-state index contributed by atoms with van der Waals surface area (Å²) in [6.45, 7) is 5.79. The van der Waals surface area contributed by atoms with Gasteiger partial charge in [0.15, 0.2) is 5.82 Å². The molecule has 0 radical (unpaired) electrons. The van der Waals surface area contributed by atoms with Crippen molar-refractivity contribution in [1.29, 1.82) is 0 Å². The van der Waals surface area contributed by atoms with Crippen molar-refractivity contribution in [3.05, 3.63) is 59.4 Å². The van der Waals surface area contributed by atoms with E-state index in [1.165, 1.54) is 6.07 Å². The minimum atomic E-state index is -2.68. The Morgan fingerprint density at radius 2 is 1.81 bits per heavy atom.